The molecule has 1 rings (SSSR count). The normalized spacial score (nSPS) is 26.5. The molecule has 0 radical (unpaired) electrons. The first-order valence-corrected chi connectivity index (χ1v) is 3.67. The van der Waals surface area contributed by atoms with E-state index in [1.54, 1.807) is 0 Å². The molecule has 1 aliphatic heterocycles. The third kappa shape index (κ3) is 1.91. The smallest absolute Gasteiger partial charge is 0.323 e. The summed E-state index contributed by atoms with van der Waals surface area (Å²) in [5, 5.41) is 0. The number of rotatable bonds is 2. The van der Waals surface area contributed by atoms with E-state index in [4.69, 9.17) is 10.5 Å². The second kappa shape index (κ2) is 3.69. The van der Waals surface area contributed by atoms with Crippen LogP contribution in [0.2, 0.25) is 0 Å². The Hall–Kier alpha value is -0.610. The van der Waals surface area contributed by atoms with Crippen molar-refractivity contribution in [2.75, 3.05) is 20.3 Å². The number of methoxy groups -OCH3 is 1. The van der Waals surface area contributed by atoms with Crippen LogP contribution >= 0.6 is 0 Å². The SMILES string of the molecule is COC(=O)C(N)[C@@H]1CCOC1. The molecule has 11 heavy (non-hydrogen) atoms. The quantitative estimate of drug-likeness (QED) is 0.553. The summed E-state index contributed by atoms with van der Waals surface area (Å²) in [6.45, 7) is 1.28. The molecular weight excluding hydrogens is 146 g/mol. The topological polar surface area (TPSA) is 61.5 Å². The second-order valence-corrected chi connectivity index (χ2v) is 2.67. The summed E-state index contributed by atoms with van der Waals surface area (Å²) < 4.78 is 9.59. The molecule has 2 atom stereocenters. The van der Waals surface area contributed by atoms with E-state index in [9.17, 15) is 4.79 Å². The van der Waals surface area contributed by atoms with Crippen LogP contribution in [0.4, 0.5) is 0 Å². The average molecular weight is 159 g/mol. The van der Waals surface area contributed by atoms with Crippen LogP contribution in [0.25, 0.3) is 0 Å². The maximum absolute atomic E-state index is 10.9. The molecule has 0 aromatic heterocycles. The highest BCUT2D eigenvalue weighted by Crippen LogP contribution is 2.15. The largest absolute Gasteiger partial charge is 0.468 e. The molecule has 1 fully saturated rings. The molecule has 0 spiro atoms. The van der Waals surface area contributed by atoms with E-state index in [0.29, 0.717) is 13.2 Å². The van der Waals surface area contributed by atoms with Crippen molar-refractivity contribution < 1.29 is 14.3 Å². The minimum Gasteiger partial charge on any atom is -0.468 e. The summed E-state index contributed by atoms with van der Waals surface area (Å²) in [5.74, 6) is -0.206. The number of esters is 1. The van der Waals surface area contributed by atoms with Crippen LogP contribution in [0.1, 0.15) is 6.42 Å². The fourth-order valence-electron chi connectivity index (χ4n) is 1.16. The van der Waals surface area contributed by atoms with Gasteiger partial charge in [-0.1, -0.05) is 0 Å². The number of carbonyl (C=O) groups excluding carboxylic acids is 1. The number of hydrogen-bond donors (Lipinski definition) is 1. The van der Waals surface area contributed by atoms with Gasteiger partial charge in [-0.05, 0) is 6.42 Å². The number of ether oxygens (including phenoxy) is 2. The van der Waals surface area contributed by atoms with E-state index >= 15 is 0 Å². The molecule has 0 aliphatic carbocycles. The Labute approximate surface area is 65.7 Å². The lowest BCUT2D eigenvalue weighted by Gasteiger charge is -2.13. The monoisotopic (exact) mass is 159 g/mol. The van der Waals surface area contributed by atoms with Crippen LogP contribution in [0.15, 0.2) is 0 Å². The highest BCUT2D eigenvalue weighted by molar-refractivity contribution is 5.75. The van der Waals surface area contributed by atoms with Crippen molar-refractivity contribution in [1.29, 1.82) is 0 Å². The van der Waals surface area contributed by atoms with E-state index < -0.39 is 6.04 Å². The van der Waals surface area contributed by atoms with Crippen molar-refractivity contribution in [3.63, 3.8) is 0 Å². The highest BCUT2D eigenvalue weighted by Gasteiger charge is 2.28. The summed E-state index contributed by atoms with van der Waals surface area (Å²) in [7, 11) is 1.35. The van der Waals surface area contributed by atoms with Gasteiger partial charge in [0.05, 0.1) is 13.7 Å². The minimum absolute atomic E-state index is 0.141. The fourth-order valence-corrected chi connectivity index (χ4v) is 1.16. The Morgan fingerprint density at radius 2 is 2.55 bits per heavy atom. The van der Waals surface area contributed by atoms with Gasteiger partial charge in [0.25, 0.3) is 0 Å². The zero-order chi connectivity index (χ0) is 8.27. The molecule has 0 aromatic rings. The van der Waals surface area contributed by atoms with Gasteiger partial charge in [0, 0.05) is 12.5 Å². The Bertz CT molecular complexity index is 143. The predicted octanol–water partition coefficient (Wildman–Crippen LogP) is -0.477. The van der Waals surface area contributed by atoms with Crippen LogP contribution < -0.4 is 5.73 Å². The zero-order valence-electron chi connectivity index (χ0n) is 6.58. The van der Waals surface area contributed by atoms with Gasteiger partial charge in [-0.25, -0.2) is 0 Å². The molecule has 0 saturated carbocycles. The van der Waals surface area contributed by atoms with Gasteiger partial charge in [-0.3, -0.25) is 4.79 Å². The van der Waals surface area contributed by atoms with Crippen molar-refractivity contribution >= 4 is 5.97 Å². The third-order valence-electron chi connectivity index (χ3n) is 1.95. The van der Waals surface area contributed by atoms with Gasteiger partial charge in [0.2, 0.25) is 0 Å². The Kier molecular flexibility index (Phi) is 2.84. The summed E-state index contributed by atoms with van der Waals surface area (Å²) in [5.41, 5.74) is 5.58. The number of carbonyl (C=O) groups is 1. The van der Waals surface area contributed by atoms with Gasteiger partial charge in [-0.15, -0.1) is 0 Å². The van der Waals surface area contributed by atoms with Crippen LogP contribution in [-0.4, -0.2) is 32.3 Å². The van der Waals surface area contributed by atoms with Crippen LogP contribution in [0, 0.1) is 5.92 Å². The van der Waals surface area contributed by atoms with E-state index in [-0.39, 0.29) is 11.9 Å². The summed E-state index contributed by atoms with van der Waals surface area (Å²) in [6.07, 6.45) is 0.857. The van der Waals surface area contributed by atoms with Crippen molar-refractivity contribution in [2.24, 2.45) is 11.7 Å². The van der Waals surface area contributed by atoms with Gasteiger partial charge >= 0.3 is 5.97 Å². The molecule has 1 heterocycles. The highest BCUT2D eigenvalue weighted by atomic mass is 16.5. The van der Waals surface area contributed by atoms with Crippen molar-refractivity contribution in [3.8, 4) is 0 Å². The fraction of sp³-hybridized carbons (Fsp3) is 0.857. The molecule has 1 aliphatic rings. The molecule has 4 heteroatoms. The minimum atomic E-state index is -0.512. The van der Waals surface area contributed by atoms with Crippen LogP contribution in [-0.2, 0) is 14.3 Å². The van der Waals surface area contributed by atoms with E-state index in [1.165, 1.54) is 7.11 Å². The van der Waals surface area contributed by atoms with Gasteiger partial charge in [-0.2, -0.15) is 0 Å². The van der Waals surface area contributed by atoms with Crippen molar-refractivity contribution in [3.05, 3.63) is 0 Å². The maximum atomic E-state index is 10.9. The lowest BCUT2D eigenvalue weighted by Crippen LogP contribution is -2.39. The van der Waals surface area contributed by atoms with Crippen LogP contribution in [0.3, 0.4) is 0 Å². The molecule has 1 saturated heterocycles. The van der Waals surface area contributed by atoms with Gasteiger partial charge in [0.1, 0.15) is 6.04 Å². The van der Waals surface area contributed by atoms with Gasteiger partial charge < -0.3 is 15.2 Å². The molecule has 2 N–H and O–H groups in total. The molecule has 1 unspecified atom stereocenters. The average Bonchev–Trinajstić information content (AvgIpc) is 2.53. The summed E-state index contributed by atoms with van der Waals surface area (Å²) in [4.78, 5) is 10.9. The predicted molar refractivity (Wildman–Crippen MR) is 38.9 cm³/mol. The summed E-state index contributed by atoms with van der Waals surface area (Å²) in [6, 6.07) is -0.512. The lowest BCUT2D eigenvalue weighted by atomic mass is 10.0. The first-order valence-electron chi connectivity index (χ1n) is 3.67. The van der Waals surface area contributed by atoms with Crippen molar-refractivity contribution in [1.82, 2.24) is 0 Å². The van der Waals surface area contributed by atoms with Crippen LogP contribution in [0.5, 0.6) is 0 Å². The van der Waals surface area contributed by atoms with E-state index in [2.05, 4.69) is 4.74 Å². The van der Waals surface area contributed by atoms with E-state index in [0.717, 1.165) is 6.42 Å². The summed E-state index contributed by atoms with van der Waals surface area (Å²) >= 11 is 0. The number of hydrogen-bond acceptors (Lipinski definition) is 4. The Balaban J connectivity index is 2.39. The zero-order valence-corrected chi connectivity index (χ0v) is 6.58. The molecule has 0 bridgehead atoms. The Morgan fingerprint density at radius 3 is 3.00 bits per heavy atom. The maximum Gasteiger partial charge on any atom is 0.323 e. The van der Waals surface area contributed by atoms with Crippen molar-refractivity contribution in [2.45, 2.75) is 12.5 Å². The molecule has 0 aromatic carbocycles. The molecule has 4 nitrogen and oxygen atoms in total. The van der Waals surface area contributed by atoms with Gasteiger partial charge in [0.15, 0.2) is 0 Å². The van der Waals surface area contributed by atoms with E-state index in [1.807, 2.05) is 0 Å². The third-order valence-corrected chi connectivity index (χ3v) is 1.95. The standard InChI is InChI=1S/C7H13NO3/c1-10-7(9)6(8)5-2-3-11-4-5/h5-6H,2-4,8H2,1H3/t5-,6?/m1/s1. The first kappa shape index (κ1) is 8.49. The molecule has 0 amide bonds. The number of nitrogens with two attached hydrogens (primary N) is 1. The Morgan fingerprint density at radius 1 is 1.82 bits per heavy atom. The second-order valence-electron chi connectivity index (χ2n) is 2.67. The molecule has 64 valence electrons. The molecular formula is C7H13NO3. The lowest BCUT2D eigenvalue weighted by molar-refractivity contribution is -0.143. The first-order chi connectivity index (χ1) is 5.25.